The van der Waals surface area contributed by atoms with Gasteiger partial charge in [-0.1, -0.05) is 23.9 Å². The molecule has 3 aromatic carbocycles. The van der Waals surface area contributed by atoms with Crippen molar-refractivity contribution in [1.82, 2.24) is 4.57 Å². The minimum atomic E-state index is 0. The fourth-order valence-corrected chi connectivity index (χ4v) is 3.32. The molecule has 0 saturated heterocycles. The summed E-state index contributed by atoms with van der Waals surface area (Å²) in [6, 6.07) is 23.0. The van der Waals surface area contributed by atoms with E-state index in [4.69, 9.17) is 4.42 Å². The Bertz CT molecular complexity index is 1310. The number of fused-ring (bicyclic) bond motifs is 4. The Labute approximate surface area is 163 Å². The van der Waals surface area contributed by atoms with E-state index in [0.29, 0.717) is 11.1 Å². The summed E-state index contributed by atoms with van der Waals surface area (Å²) in [6.07, 6.45) is 3.31. The molecule has 1 radical (unpaired) electrons. The van der Waals surface area contributed by atoms with Gasteiger partial charge in [-0.2, -0.15) is 35.6 Å². The molecule has 26 heavy (non-hydrogen) atoms. The van der Waals surface area contributed by atoms with Gasteiger partial charge in [0.15, 0.2) is 5.58 Å². The van der Waals surface area contributed by atoms with Crippen molar-refractivity contribution in [2.75, 3.05) is 0 Å². The van der Waals surface area contributed by atoms with Crippen molar-refractivity contribution in [2.45, 2.75) is 0 Å². The van der Waals surface area contributed by atoms with Gasteiger partial charge < -0.3 is 13.6 Å². The Morgan fingerprint density at radius 1 is 1.12 bits per heavy atom. The van der Waals surface area contributed by atoms with Crippen molar-refractivity contribution >= 4 is 33.0 Å². The quantitative estimate of drug-likeness (QED) is 0.252. The van der Waals surface area contributed by atoms with Gasteiger partial charge in [-0.3, -0.25) is 0 Å². The average molecular weight is 515 g/mol. The Morgan fingerprint density at radius 2 is 2.00 bits per heavy atom. The molecule has 2 heterocycles. The number of rotatable bonds is 1. The van der Waals surface area contributed by atoms with Gasteiger partial charge in [-0.05, 0) is 12.1 Å². The van der Waals surface area contributed by atoms with Crippen LogP contribution in [0.3, 0.4) is 0 Å². The summed E-state index contributed by atoms with van der Waals surface area (Å²) in [5.41, 5.74) is 4.88. The average Bonchev–Trinajstić information content (AvgIpc) is 3.18. The molecule has 127 valence electrons. The van der Waals surface area contributed by atoms with Gasteiger partial charge in [0, 0.05) is 30.9 Å². The third-order valence-electron chi connectivity index (χ3n) is 4.50. The van der Waals surface area contributed by atoms with Crippen LogP contribution in [0, 0.1) is 23.7 Å². The molecule has 5 rings (SSSR count). The smallest absolute Gasteiger partial charge is 0.242 e. The normalized spacial score (nSPS) is 10.9. The van der Waals surface area contributed by atoms with Crippen LogP contribution in [0.5, 0.6) is 0 Å². The number of para-hydroxylation sites is 2. The first-order valence-corrected chi connectivity index (χ1v) is 7.92. The molecule has 2 aromatic heterocycles. The van der Waals surface area contributed by atoms with Gasteiger partial charge in [0.05, 0.1) is 23.6 Å². The maximum atomic E-state index is 9.32. The second-order valence-electron chi connectivity index (χ2n) is 5.98. The Morgan fingerprint density at radius 3 is 2.77 bits per heavy atom. The molecule has 0 N–H and O–H groups in total. The van der Waals surface area contributed by atoms with E-state index in [-0.39, 0.29) is 20.1 Å². The molecule has 0 saturated carbocycles. The number of hydrogen-bond acceptors (Lipinski definition) is 2. The van der Waals surface area contributed by atoms with Gasteiger partial charge in [-0.15, -0.1) is 0 Å². The number of aryl methyl sites for hydroxylation is 1. The Balaban J connectivity index is 0.00000168. The molecule has 0 aliphatic heterocycles. The van der Waals surface area contributed by atoms with Crippen LogP contribution in [0.25, 0.3) is 38.7 Å². The number of furan rings is 1. The zero-order valence-corrected chi connectivity index (χ0v) is 16.2. The second-order valence-corrected chi connectivity index (χ2v) is 5.98. The molecule has 0 atom stereocenters. The van der Waals surface area contributed by atoms with E-state index in [1.54, 1.807) is 6.07 Å². The van der Waals surface area contributed by atoms with Crippen molar-refractivity contribution in [3.8, 4) is 11.8 Å². The third-order valence-corrected chi connectivity index (χ3v) is 4.50. The molecule has 0 aliphatic rings. The van der Waals surface area contributed by atoms with E-state index < -0.39 is 0 Å². The first kappa shape index (κ1) is 16.5. The van der Waals surface area contributed by atoms with Crippen LogP contribution in [0.15, 0.2) is 59.0 Å². The summed E-state index contributed by atoms with van der Waals surface area (Å²) in [5.74, 6) is 0. The van der Waals surface area contributed by atoms with Crippen molar-refractivity contribution in [3.63, 3.8) is 0 Å². The molecule has 0 amide bonds. The molecule has 4 nitrogen and oxygen atoms in total. The van der Waals surface area contributed by atoms with E-state index in [0.717, 1.165) is 33.1 Å². The third kappa shape index (κ3) is 2.28. The van der Waals surface area contributed by atoms with Crippen LogP contribution in [0.1, 0.15) is 5.56 Å². The standard InChI is InChI=1S/C21H12N3O.Ir/c1-23-13-24(15-7-3-2-4-8-15)19-11-20-17(10-18(19)23)16-9-5-6-14(12-22)21(16)25-20;/h2-7,9-11H,1H3;/q-1;. The van der Waals surface area contributed by atoms with Crippen LogP contribution < -0.4 is 4.57 Å². The van der Waals surface area contributed by atoms with E-state index in [9.17, 15) is 5.26 Å². The first-order valence-electron chi connectivity index (χ1n) is 7.92. The second kappa shape index (κ2) is 6.10. The SMILES string of the molecule is C[n+]1[c-]n(-c2[c-]cccc2)c2cc3oc4c(C#N)cccc4c3cc21.[Ir]. The van der Waals surface area contributed by atoms with Crippen molar-refractivity contribution < 1.29 is 29.1 Å². The fraction of sp³-hybridized carbons (Fsp3) is 0.0476. The van der Waals surface area contributed by atoms with Crippen molar-refractivity contribution in [3.05, 3.63) is 72.6 Å². The maximum Gasteiger partial charge on any atom is 0.242 e. The minimum absolute atomic E-state index is 0. The van der Waals surface area contributed by atoms with Crippen LogP contribution in [-0.4, -0.2) is 4.57 Å². The summed E-state index contributed by atoms with van der Waals surface area (Å²) in [4.78, 5) is 0. The van der Waals surface area contributed by atoms with Gasteiger partial charge in [0.2, 0.25) is 6.33 Å². The Hall–Kier alpha value is -2.93. The molecular formula is C21H12IrN3O-. The fourth-order valence-electron chi connectivity index (χ4n) is 3.32. The molecule has 5 heteroatoms. The number of aromatic nitrogens is 2. The molecular weight excluding hydrogens is 502 g/mol. The number of hydrogen-bond donors (Lipinski definition) is 0. The maximum absolute atomic E-state index is 9.32. The molecule has 0 spiro atoms. The van der Waals surface area contributed by atoms with E-state index in [1.807, 2.05) is 58.6 Å². The van der Waals surface area contributed by atoms with Gasteiger partial charge in [-0.25, -0.2) is 0 Å². The summed E-state index contributed by atoms with van der Waals surface area (Å²) >= 11 is 0. The topological polar surface area (TPSA) is 45.7 Å². The van der Waals surface area contributed by atoms with E-state index in [2.05, 4.69) is 24.5 Å². The van der Waals surface area contributed by atoms with Crippen LogP contribution in [-0.2, 0) is 27.2 Å². The summed E-state index contributed by atoms with van der Waals surface area (Å²) in [5, 5.41) is 11.3. The molecule has 0 bridgehead atoms. The van der Waals surface area contributed by atoms with Gasteiger partial charge in [0.25, 0.3) is 0 Å². The van der Waals surface area contributed by atoms with Crippen LogP contribution in [0.4, 0.5) is 0 Å². The number of benzene rings is 3. The predicted molar refractivity (Wildman–Crippen MR) is 94.1 cm³/mol. The van der Waals surface area contributed by atoms with Crippen LogP contribution >= 0.6 is 0 Å². The minimum Gasteiger partial charge on any atom is -0.455 e. The van der Waals surface area contributed by atoms with Gasteiger partial charge in [0.1, 0.15) is 11.7 Å². The number of nitrogens with zero attached hydrogens (tertiary/aromatic N) is 3. The summed E-state index contributed by atoms with van der Waals surface area (Å²) in [6.45, 7) is 0. The summed E-state index contributed by atoms with van der Waals surface area (Å²) in [7, 11) is 1.97. The zero-order chi connectivity index (χ0) is 17.0. The molecule has 0 unspecified atom stereocenters. The zero-order valence-electron chi connectivity index (χ0n) is 13.8. The summed E-state index contributed by atoms with van der Waals surface area (Å²) < 4.78 is 9.94. The molecule has 0 fully saturated rings. The largest absolute Gasteiger partial charge is 0.455 e. The number of nitriles is 1. The van der Waals surface area contributed by atoms with Crippen LogP contribution in [0.2, 0.25) is 0 Å². The number of imidazole rings is 1. The monoisotopic (exact) mass is 515 g/mol. The first-order chi connectivity index (χ1) is 12.3. The molecule has 5 aromatic rings. The van der Waals surface area contributed by atoms with Crippen molar-refractivity contribution in [2.24, 2.45) is 7.05 Å². The Kier molecular flexibility index (Phi) is 3.88. The van der Waals surface area contributed by atoms with Crippen molar-refractivity contribution in [1.29, 1.82) is 5.26 Å². The predicted octanol–water partition coefficient (Wildman–Crippen LogP) is 3.82. The van der Waals surface area contributed by atoms with Gasteiger partial charge >= 0.3 is 0 Å². The van der Waals surface area contributed by atoms with E-state index in [1.165, 1.54) is 0 Å². The van der Waals surface area contributed by atoms with E-state index >= 15 is 0 Å². The molecule has 0 aliphatic carbocycles.